The molecule has 33 heavy (non-hydrogen) atoms. The lowest BCUT2D eigenvalue weighted by Gasteiger charge is -2.42. The van der Waals surface area contributed by atoms with Crippen LogP contribution in [0.15, 0.2) is 66.9 Å². The van der Waals surface area contributed by atoms with Crippen LogP contribution in [0.3, 0.4) is 0 Å². The van der Waals surface area contributed by atoms with Crippen LogP contribution >= 0.6 is 11.6 Å². The fraction of sp³-hybridized carbons (Fsp3) is 0.280. The third kappa shape index (κ3) is 4.34. The molecule has 0 aliphatic carbocycles. The van der Waals surface area contributed by atoms with Crippen LogP contribution in [0.4, 0.5) is 0 Å². The number of likely N-dealkylation sites (tertiary alicyclic amines) is 1. The van der Waals surface area contributed by atoms with Gasteiger partial charge in [-0.3, -0.25) is 14.3 Å². The zero-order chi connectivity index (χ0) is 23.0. The van der Waals surface area contributed by atoms with Gasteiger partial charge in [0.25, 0.3) is 11.8 Å². The van der Waals surface area contributed by atoms with Crippen LogP contribution in [0.5, 0.6) is 0 Å². The molecule has 0 saturated carbocycles. The summed E-state index contributed by atoms with van der Waals surface area (Å²) in [5.41, 5.74) is 5.16. The number of benzene rings is 2. The fourth-order valence-corrected chi connectivity index (χ4v) is 4.73. The minimum absolute atomic E-state index is 0.0607. The zero-order valence-electron chi connectivity index (χ0n) is 18.1. The first kappa shape index (κ1) is 21.6. The van der Waals surface area contributed by atoms with Crippen LogP contribution in [-0.4, -0.2) is 63.3 Å². The number of hydrogen-bond donors (Lipinski definition) is 2. The number of aliphatic hydroxyl groups is 1. The van der Waals surface area contributed by atoms with E-state index >= 15 is 0 Å². The van der Waals surface area contributed by atoms with Gasteiger partial charge in [-0.15, -0.1) is 0 Å². The molecule has 5 rings (SSSR count). The van der Waals surface area contributed by atoms with Crippen molar-refractivity contribution in [2.75, 3.05) is 31.7 Å². The molecule has 7 nitrogen and oxygen atoms in total. The van der Waals surface area contributed by atoms with Gasteiger partial charge in [0.2, 0.25) is 0 Å². The van der Waals surface area contributed by atoms with Gasteiger partial charge in [-0.05, 0) is 60.4 Å². The lowest BCUT2D eigenvalue weighted by molar-refractivity contribution is -0.0369. The second-order valence-electron chi connectivity index (χ2n) is 8.69. The van der Waals surface area contributed by atoms with Gasteiger partial charge in [-0.1, -0.05) is 35.9 Å². The molecule has 3 aromatic rings. The van der Waals surface area contributed by atoms with E-state index in [1.807, 2.05) is 54.6 Å². The Morgan fingerprint density at radius 1 is 1.03 bits per heavy atom. The molecular weight excluding hydrogens is 440 g/mol. The van der Waals surface area contributed by atoms with E-state index in [4.69, 9.17) is 11.6 Å². The van der Waals surface area contributed by atoms with Gasteiger partial charge in [-0.2, -0.15) is 0 Å². The number of nitrogens with one attached hydrogen (secondary N) is 1. The molecule has 0 unspecified atom stereocenters. The third-order valence-corrected chi connectivity index (χ3v) is 6.66. The average molecular weight is 465 g/mol. The highest BCUT2D eigenvalue weighted by Crippen LogP contribution is 2.28. The van der Waals surface area contributed by atoms with Crippen molar-refractivity contribution in [2.24, 2.45) is 0 Å². The Morgan fingerprint density at radius 3 is 2.52 bits per heavy atom. The summed E-state index contributed by atoms with van der Waals surface area (Å²) in [5, 5.41) is 11.8. The number of nitrogens with zero attached hydrogens (tertiary/aromatic N) is 3. The summed E-state index contributed by atoms with van der Waals surface area (Å²) in [6.07, 6.45) is 2.62. The molecule has 1 fully saturated rings. The van der Waals surface area contributed by atoms with Crippen molar-refractivity contribution >= 4 is 23.4 Å². The van der Waals surface area contributed by atoms with Crippen LogP contribution in [-0.2, 0) is 0 Å². The highest BCUT2D eigenvalue weighted by atomic mass is 35.5. The molecule has 3 heterocycles. The Kier molecular flexibility index (Phi) is 5.60. The van der Waals surface area contributed by atoms with Gasteiger partial charge in [-0.25, -0.2) is 0 Å². The largest absolute Gasteiger partial charge is 0.388 e. The predicted molar refractivity (Wildman–Crippen MR) is 127 cm³/mol. The molecule has 2 aromatic carbocycles. The molecule has 0 atom stereocenters. The van der Waals surface area contributed by atoms with Crippen molar-refractivity contribution in [2.45, 2.75) is 18.4 Å². The Morgan fingerprint density at radius 2 is 1.76 bits per heavy atom. The molecule has 2 aliphatic heterocycles. The lowest BCUT2D eigenvalue weighted by atomic mass is 9.90. The fourth-order valence-electron chi connectivity index (χ4n) is 4.54. The number of rotatable bonds is 4. The Bertz CT molecular complexity index is 1200. The van der Waals surface area contributed by atoms with Crippen LogP contribution in [0.25, 0.3) is 11.1 Å². The van der Waals surface area contributed by atoms with Gasteiger partial charge < -0.3 is 20.3 Å². The molecule has 2 amide bonds. The monoisotopic (exact) mass is 464 g/mol. The standard InChI is InChI=1S/C25H25ClN4O3/c26-21-7-2-5-19(15-21)18-4-1-6-20(14-18)23(31)28-12-9-25(33,10-13-28)16-29-17-27-30-11-3-8-22(30)24(29)32/h1-8,11,14-15,27,33H,9-10,12-13,16-17H2. The third-order valence-electron chi connectivity index (χ3n) is 6.42. The van der Waals surface area contributed by atoms with Crippen LogP contribution in [0, 0.1) is 0 Å². The van der Waals surface area contributed by atoms with Crippen molar-refractivity contribution in [1.29, 1.82) is 0 Å². The molecule has 0 spiro atoms. The molecule has 1 aromatic heterocycles. The smallest absolute Gasteiger partial charge is 0.273 e. The van der Waals surface area contributed by atoms with Crippen LogP contribution in [0.2, 0.25) is 5.02 Å². The van der Waals surface area contributed by atoms with Gasteiger partial charge in [0, 0.05) is 29.9 Å². The molecular formula is C25H25ClN4O3. The van der Waals surface area contributed by atoms with E-state index in [1.54, 1.807) is 26.7 Å². The maximum absolute atomic E-state index is 13.2. The van der Waals surface area contributed by atoms with Crippen molar-refractivity contribution in [3.8, 4) is 11.1 Å². The van der Waals surface area contributed by atoms with Gasteiger partial charge in [0.15, 0.2) is 0 Å². The van der Waals surface area contributed by atoms with Crippen LogP contribution in [0.1, 0.15) is 33.7 Å². The van der Waals surface area contributed by atoms with Gasteiger partial charge >= 0.3 is 0 Å². The lowest BCUT2D eigenvalue weighted by Crippen LogP contribution is -2.56. The number of piperidine rings is 1. The van der Waals surface area contributed by atoms with Gasteiger partial charge in [0.05, 0.1) is 12.1 Å². The van der Waals surface area contributed by atoms with Crippen molar-refractivity contribution in [3.63, 3.8) is 0 Å². The number of fused-ring (bicyclic) bond motifs is 1. The number of aromatic nitrogens is 1. The SMILES string of the molecule is O=C(c1cccc(-c2cccc(Cl)c2)c1)N1CCC(O)(CN2CNn3cccc3C2=O)CC1. The number of hydrogen-bond acceptors (Lipinski definition) is 4. The molecule has 0 bridgehead atoms. The molecule has 0 radical (unpaired) electrons. The summed E-state index contributed by atoms with van der Waals surface area (Å²) in [7, 11) is 0. The quantitative estimate of drug-likeness (QED) is 0.620. The first-order valence-corrected chi connectivity index (χ1v) is 11.4. The maximum atomic E-state index is 13.2. The zero-order valence-corrected chi connectivity index (χ0v) is 18.8. The second kappa shape index (κ2) is 8.57. The Balaban J connectivity index is 1.23. The molecule has 1 saturated heterocycles. The van der Waals surface area contributed by atoms with E-state index in [-0.39, 0.29) is 18.4 Å². The number of carbonyl (C=O) groups excluding carboxylic acids is 2. The number of β-amino-alcohol motifs (C(OH)–C–C–N with tert-alkyl or cyclic N) is 1. The summed E-state index contributed by atoms with van der Waals surface area (Å²) >= 11 is 6.12. The Hall–Kier alpha value is -3.29. The summed E-state index contributed by atoms with van der Waals surface area (Å²) in [6, 6.07) is 18.6. The van der Waals surface area contributed by atoms with Crippen molar-refractivity contribution in [3.05, 3.63) is 83.1 Å². The van der Waals surface area contributed by atoms with Crippen molar-refractivity contribution < 1.29 is 14.7 Å². The van der Waals surface area contributed by atoms with E-state index in [9.17, 15) is 14.7 Å². The minimum atomic E-state index is -1.02. The van der Waals surface area contributed by atoms with E-state index in [2.05, 4.69) is 5.43 Å². The topological polar surface area (TPSA) is 77.8 Å². The first-order valence-electron chi connectivity index (χ1n) is 11.0. The average Bonchev–Trinajstić information content (AvgIpc) is 3.31. The molecule has 170 valence electrons. The molecule has 2 N–H and O–H groups in total. The maximum Gasteiger partial charge on any atom is 0.273 e. The highest BCUT2D eigenvalue weighted by Gasteiger charge is 2.38. The van der Waals surface area contributed by atoms with Gasteiger partial charge in [0.1, 0.15) is 12.4 Å². The summed E-state index contributed by atoms with van der Waals surface area (Å²) in [5.74, 6) is -0.169. The molecule has 2 aliphatic rings. The molecule has 8 heteroatoms. The first-order chi connectivity index (χ1) is 15.9. The van der Waals surface area contributed by atoms with E-state index in [0.29, 0.717) is 48.9 Å². The Labute approximate surface area is 197 Å². The van der Waals surface area contributed by atoms with Crippen molar-refractivity contribution in [1.82, 2.24) is 14.5 Å². The number of carbonyl (C=O) groups is 2. The summed E-state index contributed by atoms with van der Waals surface area (Å²) in [4.78, 5) is 29.3. The van der Waals surface area contributed by atoms with E-state index in [0.717, 1.165) is 11.1 Å². The van der Waals surface area contributed by atoms with Crippen LogP contribution < -0.4 is 5.43 Å². The summed E-state index contributed by atoms with van der Waals surface area (Å²) < 4.78 is 1.70. The van der Waals surface area contributed by atoms with E-state index < -0.39 is 5.60 Å². The number of amides is 2. The minimum Gasteiger partial charge on any atom is -0.388 e. The highest BCUT2D eigenvalue weighted by molar-refractivity contribution is 6.30. The predicted octanol–water partition coefficient (Wildman–Crippen LogP) is 3.43. The second-order valence-corrected chi connectivity index (χ2v) is 9.13. The summed E-state index contributed by atoms with van der Waals surface area (Å²) in [6.45, 7) is 1.43. The van der Waals surface area contributed by atoms with E-state index in [1.165, 1.54) is 0 Å². The number of halogens is 1. The normalized spacial score (nSPS) is 17.5.